The van der Waals surface area contributed by atoms with Crippen LogP contribution in [0.2, 0.25) is 0 Å². The summed E-state index contributed by atoms with van der Waals surface area (Å²) in [5.74, 6) is -0.0174. The van der Waals surface area contributed by atoms with Crippen LogP contribution in [0.1, 0.15) is 80.2 Å². The first-order chi connectivity index (χ1) is 15.0. The molecule has 1 nitrogen and oxygen atoms in total. The summed E-state index contributed by atoms with van der Waals surface area (Å²) in [6.45, 7) is 8.28. The third-order valence-corrected chi connectivity index (χ3v) is 6.18. The predicted molar refractivity (Wildman–Crippen MR) is 133 cm³/mol. The SMILES string of the molecule is CCCCCc1ccc(-c2ccc(C(C(C)=O)c3ccc(CCC)cc3)cc2C)cc1. The second-order valence-corrected chi connectivity index (χ2v) is 8.76. The quantitative estimate of drug-likeness (QED) is 0.308. The maximum atomic E-state index is 12.6. The first-order valence-electron chi connectivity index (χ1n) is 11.8. The lowest BCUT2D eigenvalue weighted by atomic mass is 9.85. The van der Waals surface area contributed by atoms with Gasteiger partial charge in [0, 0.05) is 0 Å². The van der Waals surface area contributed by atoms with Crippen molar-refractivity contribution in [3.05, 3.63) is 94.5 Å². The third-order valence-electron chi connectivity index (χ3n) is 6.18. The van der Waals surface area contributed by atoms with E-state index in [2.05, 4.69) is 87.5 Å². The van der Waals surface area contributed by atoms with Gasteiger partial charge < -0.3 is 0 Å². The van der Waals surface area contributed by atoms with E-state index in [4.69, 9.17) is 0 Å². The minimum absolute atomic E-state index is 0.187. The zero-order valence-corrected chi connectivity index (χ0v) is 19.6. The Hall–Kier alpha value is -2.67. The summed E-state index contributed by atoms with van der Waals surface area (Å²) in [6, 6.07) is 24.1. The van der Waals surface area contributed by atoms with E-state index in [9.17, 15) is 4.79 Å². The Morgan fingerprint density at radius 1 is 0.742 bits per heavy atom. The minimum atomic E-state index is -0.204. The highest BCUT2D eigenvalue weighted by molar-refractivity contribution is 5.87. The number of unbranched alkanes of at least 4 members (excludes halogenated alkanes) is 2. The van der Waals surface area contributed by atoms with Crippen LogP contribution < -0.4 is 0 Å². The molecule has 31 heavy (non-hydrogen) atoms. The molecule has 0 aromatic heterocycles. The van der Waals surface area contributed by atoms with E-state index in [1.807, 2.05) is 0 Å². The molecular weight excluding hydrogens is 376 g/mol. The van der Waals surface area contributed by atoms with E-state index >= 15 is 0 Å². The van der Waals surface area contributed by atoms with Crippen molar-refractivity contribution >= 4 is 5.78 Å². The normalized spacial score (nSPS) is 12.0. The molecular formula is C30H36O. The van der Waals surface area contributed by atoms with Crippen LogP contribution >= 0.6 is 0 Å². The molecule has 0 radical (unpaired) electrons. The van der Waals surface area contributed by atoms with Crippen LogP contribution in [0.5, 0.6) is 0 Å². The van der Waals surface area contributed by atoms with Crippen molar-refractivity contribution in [1.29, 1.82) is 0 Å². The van der Waals surface area contributed by atoms with Crippen LogP contribution in [0.4, 0.5) is 0 Å². The molecule has 3 aromatic carbocycles. The van der Waals surface area contributed by atoms with Gasteiger partial charge in [0.1, 0.15) is 5.78 Å². The van der Waals surface area contributed by atoms with Gasteiger partial charge in [-0.15, -0.1) is 0 Å². The number of hydrogen-bond donors (Lipinski definition) is 0. The van der Waals surface area contributed by atoms with Gasteiger partial charge in [-0.1, -0.05) is 99.8 Å². The molecule has 0 amide bonds. The van der Waals surface area contributed by atoms with Gasteiger partial charge in [0.15, 0.2) is 0 Å². The summed E-state index contributed by atoms with van der Waals surface area (Å²) in [5, 5.41) is 0. The van der Waals surface area contributed by atoms with Gasteiger partial charge >= 0.3 is 0 Å². The highest BCUT2D eigenvalue weighted by atomic mass is 16.1. The molecule has 0 N–H and O–H groups in total. The summed E-state index contributed by atoms with van der Waals surface area (Å²) in [5.41, 5.74) is 8.60. The van der Waals surface area contributed by atoms with Crippen molar-refractivity contribution in [3.63, 3.8) is 0 Å². The second kappa shape index (κ2) is 11.1. The van der Waals surface area contributed by atoms with Crippen LogP contribution in [0.15, 0.2) is 66.7 Å². The highest BCUT2D eigenvalue weighted by Crippen LogP contribution is 2.31. The van der Waals surface area contributed by atoms with Crippen molar-refractivity contribution in [1.82, 2.24) is 0 Å². The van der Waals surface area contributed by atoms with Gasteiger partial charge in [-0.2, -0.15) is 0 Å². The molecule has 0 heterocycles. The van der Waals surface area contributed by atoms with Gasteiger partial charge in [0.25, 0.3) is 0 Å². The lowest BCUT2D eigenvalue weighted by Gasteiger charge is -2.18. The van der Waals surface area contributed by atoms with Crippen LogP contribution in [-0.2, 0) is 17.6 Å². The molecule has 162 valence electrons. The first kappa shape index (κ1) is 23.0. The Morgan fingerprint density at radius 2 is 1.35 bits per heavy atom. The molecule has 0 aliphatic heterocycles. The van der Waals surface area contributed by atoms with E-state index in [0.717, 1.165) is 30.4 Å². The number of hydrogen-bond acceptors (Lipinski definition) is 1. The van der Waals surface area contributed by atoms with Gasteiger partial charge in [-0.25, -0.2) is 0 Å². The fraction of sp³-hybridized carbons (Fsp3) is 0.367. The molecule has 1 atom stereocenters. The van der Waals surface area contributed by atoms with Crippen molar-refractivity contribution in [2.75, 3.05) is 0 Å². The average Bonchev–Trinajstić information content (AvgIpc) is 2.76. The number of Topliss-reactive ketones (excluding diaryl/α,β-unsaturated/α-hetero) is 1. The number of carbonyl (C=O) groups is 1. The summed E-state index contributed by atoms with van der Waals surface area (Å²) >= 11 is 0. The summed E-state index contributed by atoms with van der Waals surface area (Å²) in [4.78, 5) is 12.6. The van der Waals surface area contributed by atoms with Crippen molar-refractivity contribution in [2.24, 2.45) is 0 Å². The molecule has 0 fully saturated rings. The van der Waals surface area contributed by atoms with E-state index in [-0.39, 0.29) is 11.7 Å². The molecule has 3 rings (SSSR count). The molecule has 0 aliphatic rings. The van der Waals surface area contributed by atoms with Crippen molar-refractivity contribution < 1.29 is 4.79 Å². The number of benzene rings is 3. The van der Waals surface area contributed by atoms with E-state index < -0.39 is 0 Å². The zero-order valence-electron chi connectivity index (χ0n) is 19.6. The minimum Gasteiger partial charge on any atom is -0.299 e. The second-order valence-electron chi connectivity index (χ2n) is 8.76. The van der Waals surface area contributed by atoms with Gasteiger partial charge in [0.05, 0.1) is 5.92 Å². The fourth-order valence-electron chi connectivity index (χ4n) is 4.45. The largest absolute Gasteiger partial charge is 0.299 e. The maximum Gasteiger partial charge on any atom is 0.141 e. The Labute approximate surface area is 188 Å². The zero-order chi connectivity index (χ0) is 22.2. The van der Waals surface area contributed by atoms with Crippen LogP contribution in [0.25, 0.3) is 11.1 Å². The summed E-state index contributed by atoms with van der Waals surface area (Å²) in [6.07, 6.45) is 7.18. The summed E-state index contributed by atoms with van der Waals surface area (Å²) < 4.78 is 0. The maximum absolute atomic E-state index is 12.6. The van der Waals surface area contributed by atoms with Crippen LogP contribution in [0, 0.1) is 6.92 Å². The van der Waals surface area contributed by atoms with E-state index in [1.165, 1.54) is 47.1 Å². The molecule has 0 saturated heterocycles. The molecule has 3 aromatic rings. The average molecular weight is 413 g/mol. The lowest BCUT2D eigenvalue weighted by molar-refractivity contribution is -0.117. The van der Waals surface area contributed by atoms with Gasteiger partial charge in [0.2, 0.25) is 0 Å². The third kappa shape index (κ3) is 5.94. The van der Waals surface area contributed by atoms with E-state index in [1.54, 1.807) is 6.92 Å². The van der Waals surface area contributed by atoms with Crippen molar-refractivity contribution in [2.45, 2.75) is 72.1 Å². The van der Waals surface area contributed by atoms with Gasteiger partial charge in [-0.3, -0.25) is 4.79 Å². The number of rotatable bonds is 10. The highest BCUT2D eigenvalue weighted by Gasteiger charge is 2.20. The predicted octanol–water partition coefficient (Wildman–Crippen LogP) is 8.07. The van der Waals surface area contributed by atoms with E-state index in [0.29, 0.717) is 0 Å². The topological polar surface area (TPSA) is 17.1 Å². The number of carbonyl (C=O) groups excluding carboxylic acids is 1. The standard InChI is InChI=1S/C30H36O/c1-5-7-8-10-25-11-15-26(16-12-25)29-20-19-28(21-22(29)3)30(23(4)31)27-17-13-24(9-6-2)14-18-27/h11-21,30H,5-10H2,1-4H3. The van der Waals surface area contributed by atoms with Crippen LogP contribution in [-0.4, -0.2) is 5.78 Å². The van der Waals surface area contributed by atoms with Crippen LogP contribution in [0.3, 0.4) is 0 Å². The Balaban J connectivity index is 1.83. The molecule has 0 spiro atoms. The summed E-state index contributed by atoms with van der Waals surface area (Å²) in [7, 11) is 0. The molecule has 0 bridgehead atoms. The number of aryl methyl sites for hydroxylation is 3. The Bertz CT molecular complexity index is 980. The Morgan fingerprint density at radius 3 is 1.94 bits per heavy atom. The fourth-order valence-corrected chi connectivity index (χ4v) is 4.45. The number of ketones is 1. The first-order valence-corrected chi connectivity index (χ1v) is 11.8. The molecule has 1 unspecified atom stereocenters. The smallest absolute Gasteiger partial charge is 0.141 e. The molecule has 1 heteroatoms. The monoisotopic (exact) mass is 412 g/mol. The molecule has 0 saturated carbocycles. The van der Waals surface area contributed by atoms with Crippen molar-refractivity contribution in [3.8, 4) is 11.1 Å². The lowest BCUT2D eigenvalue weighted by Crippen LogP contribution is -2.11. The van der Waals surface area contributed by atoms with Gasteiger partial charge in [-0.05, 0) is 72.1 Å². The Kier molecular flexibility index (Phi) is 8.23. The molecule has 0 aliphatic carbocycles.